The highest BCUT2D eigenvalue weighted by Gasteiger charge is 2.07. The second-order valence-electron chi connectivity index (χ2n) is 3.76. The standard InChI is InChI=1S/C13H20FNO3/c1-3-17-13(18-4-2)9-15-8-10-5-6-12(16)11(14)7-10/h5-7,13,15-16H,3-4,8-9H2,1-2H3. The fourth-order valence-corrected chi connectivity index (χ4v) is 1.53. The summed E-state index contributed by atoms with van der Waals surface area (Å²) in [6, 6.07) is 4.31. The molecule has 5 heteroatoms. The van der Waals surface area contributed by atoms with E-state index in [4.69, 9.17) is 14.6 Å². The van der Waals surface area contributed by atoms with Gasteiger partial charge in [-0.25, -0.2) is 4.39 Å². The van der Waals surface area contributed by atoms with Crippen LogP contribution in [-0.2, 0) is 16.0 Å². The van der Waals surface area contributed by atoms with E-state index in [0.29, 0.717) is 26.3 Å². The topological polar surface area (TPSA) is 50.7 Å². The van der Waals surface area contributed by atoms with Gasteiger partial charge in [0.1, 0.15) is 0 Å². The first-order valence-corrected chi connectivity index (χ1v) is 6.08. The van der Waals surface area contributed by atoms with Crippen molar-refractivity contribution in [3.63, 3.8) is 0 Å². The molecule has 0 radical (unpaired) electrons. The lowest BCUT2D eigenvalue weighted by Crippen LogP contribution is -2.31. The van der Waals surface area contributed by atoms with E-state index in [9.17, 15) is 4.39 Å². The van der Waals surface area contributed by atoms with Gasteiger partial charge in [-0.3, -0.25) is 0 Å². The van der Waals surface area contributed by atoms with Crippen molar-refractivity contribution in [1.29, 1.82) is 0 Å². The monoisotopic (exact) mass is 257 g/mol. The Balaban J connectivity index is 2.37. The molecule has 1 aromatic carbocycles. The molecule has 0 spiro atoms. The summed E-state index contributed by atoms with van der Waals surface area (Å²) in [5, 5.41) is 12.2. The zero-order chi connectivity index (χ0) is 13.4. The summed E-state index contributed by atoms with van der Waals surface area (Å²) in [6.07, 6.45) is -0.290. The van der Waals surface area contributed by atoms with Gasteiger partial charge < -0.3 is 19.9 Å². The highest BCUT2D eigenvalue weighted by molar-refractivity contribution is 5.27. The summed E-state index contributed by atoms with van der Waals surface area (Å²) < 4.78 is 23.8. The first-order valence-electron chi connectivity index (χ1n) is 6.08. The molecule has 0 unspecified atom stereocenters. The average Bonchev–Trinajstić information content (AvgIpc) is 2.34. The molecule has 0 atom stereocenters. The predicted octanol–water partition coefficient (Wildman–Crippen LogP) is 2.02. The average molecular weight is 257 g/mol. The molecule has 0 aliphatic heterocycles. The Kier molecular flexibility index (Phi) is 6.64. The molecule has 0 heterocycles. The highest BCUT2D eigenvalue weighted by Crippen LogP contribution is 2.15. The highest BCUT2D eigenvalue weighted by atomic mass is 19.1. The lowest BCUT2D eigenvalue weighted by Gasteiger charge is -2.17. The van der Waals surface area contributed by atoms with Gasteiger partial charge in [-0.15, -0.1) is 0 Å². The molecule has 0 bridgehead atoms. The maximum Gasteiger partial charge on any atom is 0.169 e. The van der Waals surface area contributed by atoms with Crippen LogP contribution in [-0.4, -0.2) is 31.2 Å². The van der Waals surface area contributed by atoms with Gasteiger partial charge in [-0.1, -0.05) is 6.07 Å². The Bertz CT molecular complexity index is 354. The van der Waals surface area contributed by atoms with E-state index in [1.165, 1.54) is 12.1 Å². The van der Waals surface area contributed by atoms with Crippen molar-refractivity contribution in [2.24, 2.45) is 0 Å². The summed E-state index contributed by atoms with van der Waals surface area (Å²) in [7, 11) is 0. The van der Waals surface area contributed by atoms with Crippen LogP contribution in [0.25, 0.3) is 0 Å². The quantitative estimate of drug-likeness (QED) is 0.700. The van der Waals surface area contributed by atoms with Crippen molar-refractivity contribution in [1.82, 2.24) is 5.32 Å². The zero-order valence-electron chi connectivity index (χ0n) is 10.8. The minimum absolute atomic E-state index is 0.290. The third kappa shape index (κ3) is 5.00. The Morgan fingerprint density at radius 2 is 1.94 bits per heavy atom. The molecular weight excluding hydrogens is 237 g/mol. The molecule has 102 valence electrons. The predicted molar refractivity (Wildman–Crippen MR) is 66.8 cm³/mol. The Morgan fingerprint density at radius 1 is 1.28 bits per heavy atom. The number of halogens is 1. The van der Waals surface area contributed by atoms with Gasteiger partial charge in [-0.05, 0) is 31.5 Å². The van der Waals surface area contributed by atoms with Gasteiger partial charge >= 0.3 is 0 Å². The largest absolute Gasteiger partial charge is 0.505 e. The number of phenolic OH excluding ortho intramolecular Hbond substituents is 1. The summed E-state index contributed by atoms with van der Waals surface area (Å²) in [6.45, 7) is 6.00. The van der Waals surface area contributed by atoms with Crippen LogP contribution in [0.1, 0.15) is 19.4 Å². The minimum Gasteiger partial charge on any atom is -0.505 e. The van der Waals surface area contributed by atoms with Crippen molar-refractivity contribution in [2.75, 3.05) is 19.8 Å². The number of rotatable bonds is 8. The van der Waals surface area contributed by atoms with Gasteiger partial charge in [0, 0.05) is 26.3 Å². The van der Waals surface area contributed by atoms with Crippen LogP contribution in [0, 0.1) is 5.82 Å². The number of phenols is 1. The molecule has 18 heavy (non-hydrogen) atoms. The molecule has 1 aromatic rings. The SMILES string of the molecule is CCOC(CNCc1ccc(O)c(F)c1)OCC. The first-order chi connectivity index (χ1) is 8.67. The number of aromatic hydroxyl groups is 1. The maximum atomic E-state index is 13.1. The van der Waals surface area contributed by atoms with Crippen LogP contribution >= 0.6 is 0 Å². The van der Waals surface area contributed by atoms with Crippen molar-refractivity contribution in [2.45, 2.75) is 26.7 Å². The van der Waals surface area contributed by atoms with Crippen LogP contribution < -0.4 is 5.32 Å². The van der Waals surface area contributed by atoms with Crippen molar-refractivity contribution in [3.05, 3.63) is 29.6 Å². The molecule has 0 saturated carbocycles. The Morgan fingerprint density at radius 3 is 2.50 bits per heavy atom. The van der Waals surface area contributed by atoms with E-state index in [1.54, 1.807) is 6.07 Å². The third-order valence-electron chi connectivity index (χ3n) is 2.36. The molecule has 2 N–H and O–H groups in total. The van der Waals surface area contributed by atoms with Gasteiger partial charge in [-0.2, -0.15) is 0 Å². The molecule has 1 rings (SSSR count). The number of hydrogen-bond acceptors (Lipinski definition) is 4. The maximum absolute atomic E-state index is 13.1. The second-order valence-corrected chi connectivity index (χ2v) is 3.76. The second kappa shape index (κ2) is 8.02. The van der Waals surface area contributed by atoms with Crippen molar-refractivity contribution in [3.8, 4) is 5.75 Å². The van der Waals surface area contributed by atoms with E-state index in [1.807, 2.05) is 13.8 Å². The molecule has 0 fully saturated rings. The summed E-state index contributed by atoms with van der Waals surface area (Å²) in [5.74, 6) is -0.944. The number of ether oxygens (including phenoxy) is 2. The van der Waals surface area contributed by atoms with Crippen molar-refractivity contribution >= 4 is 0 Å². The van der Waals surface area contributed by atoms with Gasteiger partial charge in [0.2, 0.25) is 0 Å². The van der Waals surface area contributed by atoms with Crippen LogP contribution in [0.15, 0.2) is 18.2 Å². The first kappa shape index (κ1) is 14.9. The van der Waals surface area contributed by atoms with Crippen LogP contribution in [0.2, 0.25) is 0 Å². The van der Waals surface area contributed by atoms with Gasteiger partial charge in [0.05, 0.1) is 0 Å². The molecular formula is C13H20FNO3. The molecule has 0 aliphatic carbocycles. The van der Waals surface area contributed by atoms with Gasteiger partial charge in [0.25, 0.3) is 0 Å². The fourth-order valence-electron chi connectivity index (χ4n) is 1.53. The van der Waals surface area contributed by atoms with Crippen molar-refractivity contribution < 1.29 is 19.0 Å². The smallest absolute Gasteiger partial charge is 0.169 e. The number of benzene rings is 1. The molecule has 0 amide bonds. The van der Waals surface area contributed by atoms with E-state index in [2.05, 4.69) is 5.32 Å². The van der Waals surface area contributed by atoms with E-state index >= 15 is 0 Å². The summed E-state index contributed by atoms with van der Waals surface area (Å²) in [4.78, 5) is 0. The Labute approximate surface area is 107 Å². The minimum atomic E-state index is -0.611. The number of hydrogen-bond donors (Lipinski definition) is 2. The summed E-state index contributed by atoms with van der Waals surface area (Å²) in [5.41, 5.74) is 0.761. The normalized spacial score (nSPS) is 11.1. The van der Waals surface area contributed by atoms with E-state index in [0.717, 1.165) is 5.56 Å². The van der Waals surface area contributed by atoms with Gasteiger partial charge in [0.15, 0.2) is 17.9 Å². The lowest BCUT2D eigenvalue weighted by atomic mass is 10.2. The lowest BCUT2D eigenvalue weighted by molar-refractivity contribution is -0.133. The third-order valence-corrected chi connectivity index (χ3v) is 2.36. The molecule has 4 nitrogen and oxygen atoms in total. The fraction of sp³-hybridized carbons (Fsp3) is 0.538. The van der Waals surface area contributed by atoms with E-state index < -0.39 is 5.82 Å². The molecule has 0 aromatic heterocycles. The zero-order valence-corrected chi connectivity index (χ0v) is 10.8. The van der Waals surface area contributed by atoms with Crippen LogP contribution in [0.3, 0.4) is 0 Å². The Hall–Kier alpha value is -1.17. The van der Waals surface area contributed by atoms with E-state index in [-0.39, 0.29) is 12.0 Å². The molecule has 0 aliphatic rings. The van der Waals surface area contributed by atoms with Crippen LogP contribution in [0.4, 0.5) is 4.39 Å². The summed E-state index contributed by atoms with van der Waals surface area (Å²) >= 11 is 0. The number of nitrogens with one attached hydrogen (secondary N) is 1. The molecule has 0 saturated heterocycles. The van der Waals surface area contributed by atoms with Crippen LogP contribution in [0.5, 0.6) is 5.75 Å².